The van der Waals surface area contributed by atoms with Crippen molar-refractivity contribution in [2.45, 2.75) is 45.5 Å². The maximum Gasteiger partial charge on any atom is 0.255 e. The van der Waals surface area contributed by atoms with Gasteiger partial charge in [-0.1, -0.05) is 42.5 Å². The monoisotopic (exact) mass is 523 g/mol. The summed E-state index contributed by atoms with van der Waals surface area (Å²) in [6, 6.07) is 18.9. The predicted molar refractivity (Wildman–Crippen MR) is 146 cm³/mol. The molecule has 1 aromatic heterocycles. The number of benzene rings is 2. The van der Waals surface area contributed by atoms with Gasteiger partial charge in [0.25, 0.3) is 5.91 Å². The summed E-state index contributed by atoms with van der Waals surface area (Å²) < 4.78 is 6.12. The Morgan fingerprint density at radius 3 is 2.64 bits per heavy atom. The number of amides is 3. The molecule has 3 amide bonds. The molecule has 1 fully saturated rings. The number of nitrogens with two attached hydrogens (primary N) is 1. The van der Waals surface area contributed by atoms with Crippen molar-refractivity contribution in [1.29, 1.82) is 0 Å². The molecule has 2 aliphatic heterocycles. The fourth-order valence-corrected chi connectivity index (χ4v) is 4.86. The van der Waals surface area contributed by atoms with E-state index in [4.69, 9.17) is 4.74 Å². The van der Waals surface area contributed by atoms with Gasteiger partial charge in [-0.25, -0.2) is 0 Å². The molecule has 198 valence electrons. The lowest BCUT2D eigenvalue weighted by atomic mass is 10.0. The van der Waals surface area contributed by atoms with Crippen molar-refractivity contribution in [3.63, 3.8) is 0 Å². The molecule has 0 radical (unpaired) electrons. The highest BCUT2D eigenvalue weighted by Gasteiger charge is 2.40. The molecule has 0 spiro atoms. The minimum atomic E-state index is -0.644. The number of carbonyl (C=O) groups is 3. The van der Waals surface area contributed by atoms with E-state index >= 15 is 0 Å². The topological polar surface area (TPSA) is 105 Å². The number of nitrogens with one attached hydrogen (secondary N) is 1. The highest BCUT2D eigenvalue weighted by molar-refractivity contribution is 6.05. The lowest BCUT2D eigenvalue weighted by Crippen LogP contribution is -2.76. The van der Waals surface area contributed by atoms with E-state index in [0.29, 0.717) is 24.3 Å². The summed E-state index contributed by atoms with van der Waals surface area (Å²) in [4.78, 5) is 42.8. The van der Waals surface area contributed by atoms with Crippen LogP contribution in [0.4, 0.5) is 0 Å². The number of ether oxygens (including phenoxy) is 1. The average molecular weight is 524 g/mol. The second-order valence-electron chi connectivity index (χ2n) is 9.55. The summed E-state index contributed by atoms with van der Waals surface area (Å²) in [7, 11) is 0. The van der Waals surface area contributed by atoms with Gasteiger partial charge in [-0.3, -0.25) is 24.7 Å². The number of hydrogen-bond acceptors (Lipinski definition) is 5. The van der Waals surface area contributed by atoms with Crippen LogP contribution in [0.15, 0.2) is 85.2 Å². The van der Waals surface area contributed by atoms with E-state index in [-0.39, 0.29) is 24.8 Å². The molecule has 3 N–H and O–H groups in total. The highest BCUT2D eigenvalue weighted by atomic mass is 16.5. The van der Waals surface area contributed by atoms with E-state index < -0.39 is 11.9 Å². The molecule has 3 aromatic rings. The molecule has 0 aliphatic carbocycles. The SMILES string of the molecule is CC=C(C=C[NH2+]Cc1ccc(COc2cccc3c2CN(C2CCC(=O)NC2=O)C3=O)cc1)c1ccccn1. The Kier molecular flexibility index (Phi) is 7.94. The van der Waals surface area contributed by atoms with Crippen LogP contribution in [0.25, 0.3) is 5.57 Å². The summed E-state index contributed by atoms with van der Waals surface area (Å²) in [5.74, 6) is -0.293. The number of allylic oxidation sites excluding steroid dienone is 3. The maximum absolute atomic E-state index is 13.0. The predicted octanol–water partition coefficient (Wildman–Crippen LogP) is 3.10. The lowest BCUT2D eigenvalue weighted by molar-refractivity contribution is -0.604. The van der Waals surface area contributed by atoms with E-state index in [1.54, 1.807) is 18.3 Å². The first-order valence-electron chi connectivity index (χ1n) is 13.1. The fourth-order valence-electron chi connectivity index (χ4n) is 4.86. The summed E-state index contributed by atoms with van der Waals surface area (Å²) >= 11 is 0. The number of fused-ring (bicyclic) bond motifs is 1. The Morgan fingerprint density at radius 2 is 1.90 bits per heavy atom. The highest BCUT2D eigenvalue weighted by Crippen LogP contribution is 2.34. The van der Waals surface area contributed by atoms with Gasteiger partial charge in [-0.05, 0) is 43.2 Å². The van der Waals surface area contributed by atoms with E-state index in [2.05, 4.69) is 40.0 Å². The number of aromatic nitrogens is 1. The van der Waals surface area contributed by atoms with Crippen molar-refractivity contribution in [1.82, 2.24) is 15.2 Å². The quantitative estimate of drug-likeness (QED) is 0.331. The Morgan fingerprint density at radius 1 is 1.08 bits per heavy atom. The lowest BCUT2D eigenvalue weighted by Gasteiger charge is -2.29. The van der Waals surface area contributed by atoms with Crippen molar-refractivity contribution in [3.05, 3.63) is 113 Å². The minimum absolute atomic E-state index is 0.207. The zero-order valence-corrected chi connectivity index (χ0v) is 21.8. The molecule has 39 heavy (non-hydrogen) atoms. The zero-order valence-electron chi connectivity index (χ0n) is 21.8. The van der Waals surface area contributed by atoms with E-state index in [0.717, 1.165) is 28.9 Å². The van der Waals surface area contributed by atoms with Crippen LogP contribution in [0, 0.1) is 0 Å². The molecule has 1 saturated heterocycles. The van der Waals surface area contributed by atoms with Gasteiger partial charge in [-0.15, -0.1) is 0 Å². The first-order chi connectivity index (χ1) is 19.0. The van der Waals surface area contributed by atoms with E-state index in [1.807, 2.05) is 49.4 Å². The number of pyridine rings is 1. The number of carbonyl (C=O) groups excluding carboxylic acids is 3. The van der Waals surface area contributed by atoms with Crippen LogP contribution in [-0.2, 0) is 29.3 Å². The van der Waals surface area contributed by atoms with Crippen molar-refractivity contribution in [2.24, 2.45) is 0 Å². The molecular weight excluding hydrogens is 492 g/mol. The van der Waals surface area contributed by atoms with Gasteiger partial charge in [0.1, 0.15) is 24.9 Å². The minimum Gasteiger partial charge on any atom is -0.489 e. The Balaban J connectivity index is 1.16. The number of hydrogen-bond donors (Lipinski definition) is 2. The van der Waals surface area contributed by atoms with Gasteiger partial charge in [0.2, 0.25) is 11.8 Å². The van der Waals surface area contributed by atoms with Gasteiger partial charge >= 0.3 is 0 Å². The fraction of sp³-hybridized carbons (Fsp3) is 0.226. The standard InChI is InChI=1S/C31H30N4O4/c1-2-23(26-7-3-4-16-33-26)15-17-32-18-21-9-11-22(12-10-21)20-39-28-8-5-6-24-25(28)19-35(31(24)38)27-13-14-29(36)34-30(27)37/h2-12,15-17,27,32H,13-14,18-20H2,1H3,(H,34,36,37)/p+1. The summed E-state index contributed by atoms with van der Waals surface area (Å²) in [5, 5.41) is 4.46. The third-order valence-electron chi connectivity index (χ3n) is 6.99. The average Bonchev–Trinajstić information content (AvgIpc) is 3.29. The molecule has 5 rings (SSSR count). The number of rotatable bonds is 9. The number of piperidine rings is 1. The van der Waals surface area contributed by atoms with Crippen LogP contribution in [0.3, 0.4) is 0 Å². The maximum atomic E-state index is 13.0. The van der Waals surface area contributed by atoms with Crippen LogP contribution < -0.4 is 15.4 Å². The third-order valence-corrected chi connectivity index (χ3v) is 6.99. The summed E-state index contributed by atoms with van der Waals surface area (Å²) in [5.41, 5.74) is 5.55. The van der Waals surface area contributed by atoms with E-state index in [9.17, 15) is 14.4 Å². The number of imide groups is 1. The molecule has 3 heterocycles. The Labute approximate surface area is 227 Å². The van der Waals surface area contributed by atoms with Crippen LogP contribution in [-0.4, -0.2) is 33.6 Å². The second-order valence-corrected chi connectivity index (χ2v) is 9.55. The molecule has 8 nitrogen and oxygen atoms in total. The largest absolute Gasteiger partial charge is 0.489 e. The van der Waals surface area contributed by atoms with Gasteiger partial charge < -0.3 is 15.0 Å². The molecule has 2 aromatic carbocycles. The summed E-state index contributed by atoms with van der Waals surface area (Å²) in [6.07, 6.45) is 8.52. The summed E-state index contributed by atoms with van der Waals surface area (Å²) in [6.45, 7) is 3.46. The molecule has 1 unspecified atom stereocenters. The number of quaternary nitrogens is 1. The first kappa shape index (κ1) is 26.1. The van der Waals surface area contributed by atoms with Crippen molar-refractivity contribution in [2.75, 3.05) is 0 Å². The molecule has 0 bridgehead atoms. The van der Waals surface area contributed by atoms with Crippen LogP contribution >= 0.6 is 0 Å². The van der Waals surface area contributed by atoms with Crippen molar-refractivity contribution in [3.8, 4) is 5.75 Å². The normalized spacial score (nSPS) is 17.5. The van der Waals surface area contributed by atoms with Crippen LogP contribution in [0.5, 0.6) is 5.75 Å². The molecule has 8 heteroatoms. The molecular formula is C31H31N4O4+. The molecule has 2 aliphatic rings. The number of nitrogens with zero attached hydrogens (tertiary/aromatic N) is 2. The second kappa shape index (κ2) is 11.9. The third kappa shape index (κ3) is 5.97. The first-order valence-corrected chi connectivity index (χ1v) is 13.1. The zero-order chi connectivity index (χ0) is 27.2. The van der Waals surface area contributed by atoms with Gasteiger partial charge in [-0.2, -0.15) is 0 Å². The molecule has 1 atom stereocenters. The van der Waals surface area contributed by atoms with Crippen LogP contribution in [0.1, 0.15) is 52.5 Å². The van der Waals surface area contributed by atoms with Gasteiger partial charge in [0.15, 0.2) is 0 Å². The Hall–Kier alpha value is -4.56. The Bertz CT molecular complexity index is 1430. The van der Waals surface area contributed by atoms with Crippen LogP contribution in [0.2, 0.25) is 0 Å². The van der Waals surface area contributed by atoms with Crippen molar-refractivity contribution >= 4 is 23.3 Å². The smallest absolute Gasteiger partial charge is 0.255 e. The van der Waals surface area contributed by atoms with Gasteiger partial charge in [0, 0.05) is 41.0 Å². The van der Waals surface area contributed by atoms with Gasteiger partial charge in [0.05, 0.1) is 18.4 Å². The van der Waals surface area contributed by atoms with Crippen molar-refractivity contribution < 1.29 is 24.4 Å². The molecule has 0 saturated carbocycles. The van der Waals surface area contributed by atoms with E-state index in [1.165, 1.54) is 10.5 Å².